The number of hydrogen-bond donors (Lipinski definition) is 3. The fourth-order valence-electron chi connectivity index (χ4n) is 1.18. The normalized spacial score (nSPS) is 11.8. The van der Waals surface area contributed by atoms with E-state index >= 15 is 0 Å². The number of anilines is 1. The van der Waals surface area contributed by atoms with Crippen molar-refractivity contribution in [1.82, 2.24) is 0 Å². The van der Waals surface area contributed by atoms with Crippen molar-refractivity contribution in [2.75, 3.05) is 11.6 Å². The van der Waals surface area contributed by atoms with Crippen molar-refractivity contribution in [2.24, 2.45) is 0 Å². The topological polar surface area (TPSA) is 69.6 Å². The van der Waals surface area contributed by atoms with Crippen LogP contribution in [0.2, 0.25) is 0 Å². The minimum atomic E-state index is -3.97. The first-order valence-corrected chi connectivity index (χ1v) is 6.56. The van der Waals surface area contributed by atoms with Crippen LogP contribution in [0, 0.1) is 0 Å². The molecule has 0 radical (unpaired) electrons. The molecule has 15 heavy (non-hydrogen) atoms. The van der Waals surface area contributed by atoms with Crippen LogP contribution in [0.25, 0.3) is 0 Å². The van der Waals surface area contributed by atoms with E-state index < -0.39 is 7.60 Å². The van der Waals surface area contributed by atoms with Gasteiger partial charge in [0.05, 0.1) is 0 Å². The third-order valence-electron chi connectivity index (χ3n) is 2.07. The van der Waals surface area contributed by atoms with Crippen molar-refractivity contribution in [3.63, 3.8) is 0 Å². The first-order chi connectivity index (χ1) is 6.88. The first kappa shape index (κ1) is 12.2. The molecule has 0 saturated carbocycles. The van der Waals surface area contributed by atoms with Gasteiger partial charge in [-0.25, -0.2) is 0 Å². The molecule has 0 aromatic heterocycles. The van der Waals surface area contributed by atoms with E-state index in [1.165, 1.54) is 5.56 Å². The maximum Gasteiger partial charge on any atom is 0.344 e. The van der Waals surface area contributed by atoms with Crippen LogP contribution in [0.3, 0.4) is 0 Å². The van der Waals surface area contributed by atoms with Gasteiger partial charge in [0.15, 0.2) is 0 Å². The molecule has 0 aliphatic rings. The number of benzene rings is 1. The molecule has 84 valence electrons. The molecule has 0 aliphatic heterocycles. The Hall–Kier alpha value is -0.830. The van der Waals surface area contributed by atoms with Crippen LogP contribution >= 0.6 is 7.60 Å². The molecule has 0 heterocycles. The van der Waals surface area contributed by atoms with E-state index in [2.05, 4.69) is 19.2 Å². The lowest BCUT2D eigenvalue weighted by atomic mass is 10.0. The van der Waals surface area contributed by atoms with Gasteiger partial charge < -0.3 is 15.1 Å². The first-order valence-electron chi connectivity index (χ1n) is 4.77. The smallest absolute Gasteiger partial charge is 0.344 e. The minimum Gasteiger partial charge on any atom is -0.374 e. The summed E-state index contributed by atoms with van der Waals surface area (Å²) < 4.78 is 10.6. The highest BCUT2D eigenvalue weighted by atomic mass is 31.2. The lowest BCUT2D eigenvalue weighted by Crippen LogP contribution is -2.01. The van der Waals surface area contributed by atoms with Gasteiger partial charge in [0.1, 0.15) is 6.29 Å². The maximum atomic E-state index is 10.6. The predicted octanol–water partition coefficient (Wildman–Crippen LogP) is 2.36. The summed E-state index contributed by atoms with van der Waals surface area (Å²) in [5.41, 5.74) is 1.93. The summed E-state index contributed by atoms with van der Waals surface area (Å²) in [6.45, 7) is 4.19. The Kier molecular flexibility index (Phi) is 3.91. The van der Waals surface area contributed by atoms with E-state index in [4.69, 9.17) is 9.79 Å². The largest absolute Gasteiger partial charge is 0.374 e. The Morgan fingerprint density at radius 2 is 1.80 bits per heavy atom. The van der Waals surface area contributed by atoms with Gasteiger partial charge in [-0.2, -0.15) is 0 Å². The lowest BCUT2D eigenvalue weighted by Gasteiger charge is -2.09. The molecule has 5 heteroatoms. The lowest BCUT2D eigenvalue weighted by molar-refractivity contribution is 0.375. The molecule has 0 fully saturated rings. The molecule has 0 bridgehead atoms. The summed E-state index contributed by atoms with van der Waals surface area (Å²) in [6.07, 6.45) is -0.325. The predicted molar refractivity (Wildman–Crippen MR) is 61.1 cm³/mol. The molecule has 0 spiro atoms. The van der Waals surface area contributed by atoms with Gasteiger partial charge >= 0.3 is 7.60 Å². The summed E-state index contributed by atoms with van der Waals surface area (Å²) in [5, 5.41) is 2.69. The summed E-state index contributed by atoms with van der Waals surface area (Å²) >= 11 is 0. The Labute approximate surface area is 89.5 Å². The zero-order valence-corrected chi connectivity index (χ0v) is 9.74. The molecule has 0 aliphatic carbocycles. The molecule has 1 aromatic carbocycles. The van der Waals surface area contributed by atoms with E-state index in [1.54, 1.807) is 0 Å². The molecular formula is C10H16NO3P. The Balaban J connectivity index is 2.61. The van der Waals surface area contributed by atoms with Gasteiger partial charge in [0.2, 0.25) is 0 Å². The van der Waals surface area contributed by atoms with Crippen molar-refractivity contribution in [3.05, 3.63) is 29.8 Å². The molecule has 1 aromatic rings. The van der Waals surface area contributed by atoms with Crippen LogP contribution in [0.15, 0.2) is 24.3 Å². The zero-order valence-electron chi connectivity index (χ0n) is 8.84. The van der Waals surface area contributed by atoms with Gasteiger partial charge in [0.25, 0.3) is 0 Å². The fourth-order valence-corrected chi connectivity index (χ4v) is 1.57. The van der Waals surface area contributed by atoms with E-state index in [0.29, 0.717) is 5.92 Å². The number of nitrogens with one attached hydrogen (secondary N) is 1. The molecule has 0 atom stereocenters. The Morgan fingerprint density at radius 3 is 2.20 bits per heavy atom. The molecular weight excluding hydrogens is 213 g/mol. The van der Waals surface area contributed by atoms with Crippen LogP contribution in [-0.4, -0.2) is 16.1 Å². The van der Waals surface area contributed by atoms with Gasteiger partial charge in [-0.05, 0) is 23.6 Å². The molecule has 3 N–H and O–H groups in total. The average Bonchev–Trinajstić information content (AvgIpc) is 2.14. The third kappa shape index (κ3) is 4.47. The van der Waals surface area contributed by atoms with Crippen LogP contribution in [0.5, 0.6) is 0 Å². The highest BCUT2D eigenvalue weighted by Crippen LogP contribution is 2.33. The van der Waals surface area contributed by atoms with Crippen LogP contribution in [-0.2, 0) is 4.57 Å². The Bertz CT molecular complexity index is 355. The second-order valence-corrected chi connectivity index (χ2v) is 5.42. The third-order valence-corrected chi connectivity index (χ3v) is 2.64. The molecule has 0 unspecified atom stereocenters. The Morgan fingerprint density at radius 1 is 1.27 bits per heavy atom. The quantitative estimate of drug-likeness (QED) is 0.693. The molecule has 4 nitrogen and oxygen atoms in total. The van der Waals surface area contributed by atoms with E-state index in [-0.39, 0.29) is 6.29 Å². The van der Waals surface area contributed by atoms with Gasteiger partial charge in [-0.15, -0.1) is 0 Å². The number of rotatable bonds is 4. The zero-order chi connectivity index (χ0) is 11.5. The summed E-state index contributed by atoms with van der Waals surface area (Å²) in [5.74, 6) is 0.459. The second-order valence-electron chi connectivity index (χ2n) is 3.78. The standard InChI is InChI=1S/C10H16NO3P/c1-8(2)9-3-5-10(6-4-9)11-7-15(12,13)14/h3-6,8,11H,7H2,1-2H3,(H2,12,13,14). The maximum absolute atomic E-state index is 10.6. The van der Waals surface area contributed by atoms with Crippen LogP contribution in [0.1, 0.15) is 25.3 Å². The highest BCUT2D eigenvalue weighted by molar-refractivity contribution is 7.51. The van der Waals surface area contributed by atoms with Gasteiger partial charge in [-0.1, -0.05) is 26.0 Å². The van der Waals surface area contributed by atoms with Crippen molar-refractivity contribution < 1.29 is 14.4 Å². The van der Waals surface area contributed by atoms with Crippen molar-refractivity contribution in [2.45, 2.75) is 19.8 Å². The van der Waals surface area contributed by atoms with Crippen molar-refractivity contribution in [3.8, 4) is 0 Å². The number of hydrogen-bond acceptors (Lipinski definition) is 2. The van der Waals surface area contributed by atoms with Gasteiger partial charge in [0, 0.05) is 5.69 Å². The van der Waals surface area contributed by atoms with E-state index in [9.17, 15) is 4.57 Å². The van der Waals surface area contributed by atoms with Gasteiger partial charge in [-0.3, -0.25) is 4.57 Å². The van der Waals surface area contributed by atoms with Crippen LogP contribution in [0.4, 0.5) is 5.69 Å². The van der Waals surface area contributed by atoms with Crippen LogP contribution < -0.4 is 5.32 Å². The minimum absolute atomic E-state index is 0.325. The second kappa shape index (κ2) is 4.79. The van der Waals surface area contributed by atoms with Crippen molar-refractivity contribution in [1.29, 1.82) is 0 Å². The summed E-state index contributed by atoms with van der Waals surface area (Å²) in [4.78, 5) is 17.3. The highest BCUT2D eigenvalue weighted by Gasteiger charge is 2.11. The average molecular weight is 229 g/mol. The summed E-state index contributed by atoms with van der Waals surface area (Å²) in [6, 6.07) is 7.55. The van der Waals surface area contributed by atoms with E-state index in [0.717, 1.165) is 5.69 Å². The van der Waals surface area contributed by atoms with E-state index in [1.807, 2.05) is 24.3 Å². The SMILES string of the molecule is CC(C)c1ccc(NCP(=O)(O)O)cc1. The molecule has 0 amide bonds. The summed E-state index contributed by atoms with van der Waals surface area (Å²) in [7, 11) is -3.97. The monoisotopic (exact) mass is 229 g/mol. The molecule has 1 rings (SSSR count). The van der Waals surface area contributed by atoms with Crippen molar-refractivity contribution >= 4 is 13.3 Å². The molecule has 0 saturated heterocycles. The fraction of sp³-hybridized carbons (Fsp3) is 0.400.